The molecule has 1 aromatic heterocycles. The molecule has 1 aliphatic carbocycles. The van der Waals surface area contributed by atoms with Gasteiger partial charge >= 0.3 is 5.97 Å². The van der Waals surface area contributed by atoms with Gasteiger partial charge in [0.25, 0.3) is 0 Å². The van der Waals surface area contributed by atoms with Crippen molar-refractivity contribution < 1.29 is 14.3 Å². The second-order valence-corrected chi connectivity index (χ2v) is 5.10. The maximum absolute atomic E-state index is 12.2. The molecule has 0 spiro atoms. The molecule has 1 N–H and O–H groups in total. The van der Waals surface area contributed by atoms with Gasteiger partial charge in [-0.25, -0.2) is 0 Å². The second-order valence-electron chi connectivity index (χ2n) is 5.10. The molecular formula is C13H17NO3. The van der Waals surface area contributed by atoms with E-state index < -0.39 is 0 Å². The molecule has 0 atom stereocenters. The molecule has 0 aromatic carbocycles. The molecule has 0 radical (unpaired) electrons. The number of hydrogen-bond donors (Lipinski definition) is 1. The van der Waals surface area contributed by atoms with E-state index in [-0.39, 0.29) is 16.8 Å². The van der Waals surface area contributed by atoms with Gasteiger partial charge in [0.15, 0.2) is 0 Å². The van der Waals surface area contributed by atoms with Crippen molar-refractivity contribution in [1.82, 2.24) is 4.98 Å². The maximum atomic E-state index is 12.2. The normalized spacial score (nSPS) is 24.5. The van der Waals surface area contributed by atoms with Gasteiger partial charge in [0.2, 0.25) is 0 Å². The molecule has 2 aliphatic rings. The van der Waals surface area contributed by atoms with Crippen molar-refractivity contribution in [2.45, 2.75) is 24.7 Å². The topological polar surface area (TPSA) is 51.3 Å². The molecule has 92 valence electrons. The van der Waals surface area contributed by atoms with E-state index in [2.05, 4.69) is 4.98 Å². The first kappa shape index (κ1) is 10.8. The highest BCUT2D eigenvalue weighted by molar-refractivity contribution is 5.80. The standard InChI is InChI=1S/C13H17NO3/c1-16-11(15)12(4-2-5-12)13(8-17-9-13)10-3-6-14-7-10/h3,6-7,14H,2,4-5,8-9H2,1H3. The lowest BCUT2D eigenvalue weighted by molar-refractivity contribution is -0.195. The van der Waals surface area contributed by atoms with Crippen LogP contribution in [-0.2, 0) is 19.7 Å². The van der Waals surface area contributed by atoms with Gasteiger partial charge in [0, 0.05) is 12.4 Å². The average molecular weight is 235 g/mol. The monoisotopic (exact) mass is 235 g/mol. The minimum absolute atomic E-state index is 0.0757. The zero-order valence-corrected chi connectivity index (χ0v) is 9.99. The summed E-state index contributed by atoms with van der Waals surface area (Å²) in [5, 5.41) is 0. The van der Waals surface area contributed by atoms with E-state index in [0.717, 1.165) is 19.3 Å². The van der Waals surface area contributed by atoms with E-state index in [4.69, 9.17) is 9.47 Å². The Morgan fingerprint density at radius 2 is 2.24 bits per heavy atom. The summed E-state index contributed by atoms with van der Waals surface area (Å²) < 4.78 is 10.4. The summed E-state index contributed by atoms with van der Waals surface area (Å²) in [4.78, 5) is 15.2. The number of carbonyl (C=O) groups excluding carboxylic acids is 1. The zero-order valence-electron chi connectivity index (χ0n) is 9.99. The fourth-order valence-electron chi connectivity index (χ4n) is 3.25. The van der Waals surface area contributed by atoms with Crippen LogP contribution in [0.2, 0.25) is 0 Å². The van der Waals surface area contributed by atoms with Crippen LogP contribution < -0.4 is 0 Å². The molecule has 2 heterocycles. The number of carbonyl (C=O) groups is 1. The Bertz CT molecular complexity index is 416. The molecule has 3 rings (SSSR count). The molecule has 1 saturated carbocycles. The molecule has 0 bridgehead atoms. The SMILES string of the molecule is COC(=O)C1(C2(c3cc[nH]c3)COC2)CCC1. The number of aromatic nitrogens is 1. The molecule has 0 amide bonds. The van der Waals surface area contributed by atoms with Crippen molar-refractivity contribution in [1.29, 1.82) is 0 Å². The third-order valence-corrected chi connectivity index (χ3v) is 4.55. The van der Waals surface area contributed by atoms with Crippen LogP contribution in [-0.4, -0.2) is 31.3 Å². The molecule has 17 heavy (non-hydrogen) atoms. The van der Waals surface area contributed by atoms with Gasteiger partial charge in [-0.15, -0.1) is 0 Å². The van der Waals surface area contributed by atoms with Crippen molar-refractivity contribution in [2.75, 3.05) is 20.3 Å². The van der Waals surface area contributed by atoms with Crippen LogP contribution in [0.3, 0.4) is 0 Å². The molecular weight excluding hydrogens is 218 g/mol. The summed E-state index contributed by atoms with van der Waals surface area (Å²) in [7, 11) is 1.48. The summed E-state index contributed by atoms with van der Waals surface area (Å²) in [5.41, 5.74) is 0.648. The predicted octanol–water partition coefficient (Wildman–Crippen LogP) is 1.63. The van der Waals surface area contributed by atoms with Crippen LogP contribution in [0.15, 0.2) is 18.5 Å². The van der Waals surface area contributed by atoms with Gasteiger partial charge in [-0.3, -0.25) is 4.79 Å². The molecule has 0 unspecified atom stereocenters. The van der Waals surface area contributed by atoms with E-state index in [1.807, 2.05) is 18.5 Å². The molecule has 1 aromatic rings. The van der Waals surface area contributed by atoms with Crippen LogP contribution in [0.1, 0.15) is 24.8 Å². The van der Waals surface area contributed by atoms with E-state index in [9.17, 15) is 4.79 Å². The Labute approximate surface area is 100 Å². The fourth-order valence-corrected chi connectivity index (χ4v) is 3.25. The summed E-state index contributed by atoms with van der Waals surface area (Å²) in [6.45, 7) is 1.25. The van der Waals surface area contributed by atoms with Gasteiger partial charge in [0.1, 0.15) is 0 Å². The Morgan fingerprint density at radius 3 is 2.59 bits per heavy atom. The van der Waals surface area contributed by atoms with Crippen molar-refractivity contribution in [3.05, 3.63) is 24.0 Å². The smallest absolute Gasteiger partial charge is 0.312 e. The van der Waals surface area contributed by atoms with Gasteiger partial charge in [-0.2, -0.15) is 0 Å². The minimum Gasteiger partial charge on any atom is -0.469 e. The van der Waals surface area contributed by atoms with Crippen LogP contribution in [0.4, 0.5) is 0 Å². The highest BCUT2D eigenvalue weighted by Crippen LogP contribution is 2.58. The van der Waals surface area contributed by atoms with Crippen molar-refractivity contribution >= 4 is 5.97 Å². The van der Waals surface area contributed by atoms with E-state index >= 15 is 0 Å². The van der Waals surface area contributed by atoms with Gasteiger partial charge < -0.3 is 14.5 Å². The number of rotatable bonds is 3. The minimum atomic E-state index is -0.359. The first-order chi connectivity index (χ1) is 8.25. The molecule has 4 nitrogen and oxygen atoms in total. The Hall–Kier alpha value is -1.29. The fraction of sp³-hybridized carbons (Fsp3) is 0.615. The summed E-state index contributed by atoms with van der Waals surface area (Å²) in [5.74, 6) is -0.0757. The van der Waals surface area contributed by atoms with Crippen LogP contribution in [0.25, 0.3) is 0 Å². The molecule has 4 heteroatoms. The molecule has 1 aliphatic heterocycles. The lowest BCUT2D eigenvalue weighted by Crippen LogP contribution is -2.65. The number of ether oxygens (including phenoxy) is 2. The summed E-state index contributed by atoms with van der Waals surface area (Å²) in [6.07, 6.45) is 6.80. The molecule has 1 saturated heterocycles. The number of H-pyrrole nitrogens is 1. The number of nitrogens with one attached hydrogen (secondary N) is 1. The van der Waals surface area contributed by atoms with Gasteiger partial charge in [-0.05, 0) is 24.5 Å². The maximum Gasteiger partial charge on any atom is 0.312 e. The Balaban J connectivity index is 2.02. The first-order valence-corrected chi connectivity index (χ1v) is 6.05. The van der Waals surface area contributed by atoms with Crippen LogP contribution in [0.5, 0.6) is 0 Å². The Kier molecular flexibility index (Phi) is 2.30. The van der Waals surface area contributed by atoms with E-state index in [0.29, 0.717) is 13.2 Å². The quantitative estimate of drug-likeness (QED) is 0.810. The van der Waals surface area contributed by atoms with Crippen LogP contribution >= 0.6 is 0 Å². The first-order valence-electron chi connectivity index (χ1n) is 6.05. The van der Waals surface area contributed by atoms with E-state index in [1.54, 1.807) is 0 Å². The predicted molar refractivity (Wildman–Crippen MR) is 61.6 cm³/mol. The summed E-state index contributed by atoms with van der Waals surface area (Å²) in [6, 6.07) is 2.05. The third-order valence-electron chi connectivity index (χ3n) is 4.55. The number of methoxy groups -OCH3 is 1. The van der Waals surface area contributed by atoms with Gasteiger partial charge in [0.05, 0.1) is 31.2 Å². The lowest BCUT2D eigenvalue weighted by atomic mass is 9.50. The highest BCUT2D eigenvalue weighted by Gasteiger charge is 2.64. The largest absolute Gasteiger partial charge is 0.469 e. The highest BCUT2D eigenvalue weighted by atomic mass is 16.5. The van der Waals surface area contributed by atoms with Crippen molar-refractivity contribution in [3.8, 4) is 0 Å². The number of esters is 1. The molecule has 2 fully saturated rings. The lowest BCUT2D eigenvalue weighted by Gasteiger charge is -2.57. The zero-order chi connectivity index (χ0) is 11.9. The van der Waals surface area contributed by atoms with E-state index in [1.165, 1.54) is 12.7 Å². The van der Waals surface area contributed by atoms with Crippen molar-refractivity contribution in [3.63, 3.8) is 0 Å². The number of hydrogen-bond acceptors (Lipinski definition) is 3. The van der Waals surface area contributed by atoms with Crippen molar-refractivity contribution in [2.24, 2.45) is 5.41 Å². The van der Waals surface area contributed by atoms with Crippen LogP contribution in [0, 0.1) is 5.41 Å². The average Bonchev–Trinajstić information content (AvgIpc) is 2.72. The summed E-state index contributed by atoms with van der Waals surface area (Å²) >= 11 is 0. The van der Waals surface area contributed by atoms with Gasteiger partial charge in [-0.1, -0.05) is 6.42 Å². The third kappa shape index (κ3) is 1.19. The Morgan fingerprint density at radius 1 is 1.47 bits per heavy atom. The second kappa shape index (κ2) is 3.60. The number of aromatic amines is 1.